The van der Waals surface area contributed by atoms with Gasteiger partial charge in [0.15, 0.2) is 0 Å². The Balaban J connectivity index is 1.74. The summed E-state index contributed by atoms with van der Waals surface area (Å²) in [7, 11) is 0. The lowest BCUT2D eigenvalue weighted by Gasteiger charge is -2.33. The molecule has 3 N–H and O–H groups in total. The molecule has 0 aromatic carbocycles. The van der Waals surface area contributed by atoms with Gasteiger partial charge in [-0.3, -0.25) is 11.3 Å². The van der Waals surface area contributed by atoms with Crippen molar-refractivity contribution in [2.24, 2.45) is 23.6 Å². The summed E-state index contributed by atoms with van der Waals surface area (Å²) in [5.74, 6) is 8.54. The highest BCUT2D eigenvalue weighted by molar-refractivity contribution is 4.81. The van der Waals surface area contributed by atoms with Gasteiger partial charge in [0.25, 0.3) is 0 Å². The summed E-state index contributed by atoms with van der Waals surface area (Å²) in [6, 6.07) is 0.582. The SMILES string of the molecule is CC1CCCC(C(CCC2CCCC2)NN)C1. The van der Waals surface area contributed by atoms with Crippen LogP contribution in [0, 0.1) is 17.8 Å². The molecule has 2 fully saturated rings. The van der Waals surface area contributed by atoms with E-state index in [-0.39, 0.29) is 0 Å². The number of nitrogens with one attached hydrogen (secondary N) is 1. The van der Waals surface area contributed by atoms with E-state index in [1.807, 2.05) is 0 Å². The smallest absolute Gasteiger partial charge is 0.0238 e. The lowest BCUT2D eigenvalue weighted by molar-refractivity contribution is 0.208. The molecule has 0 amide bonds. The molecule has 2 nitrogen and oxygen atoms in total. The van der Waals surface area contributed by atoms with Gasteiger partial charge in [0.05, 0.1) is 0 Å². The van der Waals surface area contributed by atoms with E-state index in [4.69, 9.17) is 5.84 Å². The van der Waals surface area contributed by atoms with Crippen LogP contribution in [0.15, 0.2) is 0 Å². The third-order valence-corrected chi connectivity index (χ3v) is 5.12. The largest absolute Gasteiger partial charge is 0.271 e. The molecule has 2 saturated carbocycles. The molecule has 2 aliphatic rings. The quantitative estimate of drug-likeness (QED) is 0.567. The fourth-order valence-corrected chi connectivity index (χ4v) is 4.02. The number of hydrazine groups is 1. The lowest BCUT2D eigenvalue weighted by Crippen LogP contribution is -2.42. The molecule has 0 radical (unpaired) electrons. The molecule has 0 heterocycles. The zero-order chi connectivity index (χ0) is 12.1. The first-order chi connectivity index (χ1) is 8.29. The van der Waals surface area contributed by atoms with Crippen LogP contribution in [0.2, 0.25) is 0 Å². The zero-order valence-corrected chi connectivity index (χ0v) is 11.5. The molecule has 0 aromatic rings. The second kappa shape index (κ2) is 6.75. The average Bonchev–Trinajstić information content (AvgIpc) is 2.83. The molecule has 3 unspecified atom stereocenters. The van der Waals surface area contributed by atoms with E-state index in [1.165, 1.54) is 64.2 Å². The van der Waals surface area contributed by atoms with Crippen molar-refractivity contribution in [3.8, 4) is 0 Å². The van der Waals surface area contributed by atoms with Crippen LogP contribution < -0.4 is 11.3 Å². The summed E-state index contributed by atoms with van der Waals surface area (Å²) in [4.78, 5) is 0. The monoisotopic (exact) mass is 238 g/mol. The van der Waals surface area contributed by atoms with Crippen LogP contribution in [0.4, 0.5) is 0 Å². The molecule has 0 aromatic heterocycles. The van der Waals surface area contributed by atoms with Gasteiger partial charge in [0.1, 0.15) is 0 Å². The van der Waals surface area contributed by atoms with Gasteiger partial charge in [0, 0.05) is 6.04 Å². The number of hydrogen-bond acceptors (Lipinski definition) is 2. The van der Waals surface area contributed by atoms with Crippen molar-refractivity contribution in [2.45, 2.75) is 77.2 Å². The average molecular weight is 238 g/mol. The third kappa shape index (κ3) is 3.96. The van der Waals surface area contributed by atoms with Gasteiger partial charge in [-0.1, -0.05) is 45.4 Å². The van der Waals surface area contributed by atoms with Crippen molar-refractivity contribution in [3.63, 3.8) is 0 Å². The maximum absolute atomic E-state index is 5.78. The minimum Gasteiger partial charge on any atom is -0.271 e. The molecule has 2 rings (SSSR count). The van der Waals surface area contributed by atoms with Crippen molar-refractivity contribution in [3.05, 3.63) is 0 Å². The van der Waals surface area contributed by atoms with E-state index >= 15 is 0 Å². The zero-order valence-electron chi connectivity index (χ0n) is 11.5. The fraction of sp³-hybridized carbons (Fsp3) is 1.00. The number of rotatable bonds is 5. The minimum absolute atomic E-state index is 0.582. The van der Waals surface area contributed by atoms with E-state index in [2.05, 4.69) is 12.3 Å². The molecule has 0 saturated heterocycles. The first-order valence-electron chi connectivity index (χ1n) is 7.75. The van der Waals surface area contributed by atoms with Crippen molar-refractivity contribution < 1.29 is 0 Å². The van der Waals surface area contributed by atoms with Crippen LogP contribution in [0.3, 0.4) is 0 Å². The maximum Gasteiger partial charge on any atom is 0.0238 e. The Kier molecular flexibility index (Phi) is 5.30. The van der Waals surface area contributed by atoms with E-state index in [9.17, 15) is 0 Å². The summed E-state index contributed by atoms with van der Waals surface area (Å²) in [6.45, 7) is 2.40. The molecular weight excluding hydrogens is 208 g/mol. The highest BCUT2D eigenvalue weighted by Crippen LogP contribution is 2.34. The van der Waals surface area contributed by atoms with Gasteiger partial charge in [-0.15, -0.1) is 0 Å². The Morgan fingerprint density at radius 2 is 1.88 bits per heavy atom. The van der Waals surface area contributed by atoms with Gasteiger partial charge >= 0.3 is 0 Å². The van der Waals surface area contributed by atoms with E-state index in [1.54, 1.807) is 0 Å². The van der Waals surface area contributed by atoms with Crippen molar-refractivity contribution in [1.29, 1.82) is 0 Å². The minimum atomic E-state index is 0.582. The molecule has 3 atom stereocenters. The standard InChI is InChI=1S/C15H30N2/c1-12-5-4-8-14(11-12)15(17-16)10-9-13-6-2-3-7-13/h12-15,17H,2-11,16H2,1H3. The first-order valence-corrected chi connectivity index (χ1v) is 7.75. The summed E-state index contributed by atoms with van der Waals surface area (Å²) in [5.41, 5.74) is 3.12. The Labute approximate surface area is 107 Å². The third-order valence-electron chi connectivity index (χ3n) is 5.12. The maximum atomic E-state index is 5.78. The van der Waals surface area contributed by atoms with Crippen molar-refractivity contribution >= 4 is 0 Å². The number of hydrogen-bond donors (Lipinski definition) is 2. The van der Waals surface area contributed by atoms with E-state index < -0.39 is 0 Å². The molecular formula is C15H30N2. The molecule has 17 heavy (non-hydrogen) atoms. The van der Waals surface area contributed by atoms with Gasteiger partial charge in [0.2, 0.25) is 0 Å². The van der Waals surface area contributed by atoms with Crippen molar-refractivity contribution in [1.82, 2.24) is 5.43 Å². The van der Waals surface area contributed by atoms with Crippen molar-refractivity contribution in [2.75, 3.05) is 0 Å². The fourth-order valence-electron chi connectivity index (χ4n) is 4.02. The molecule has 0 bridgehead atoms. The summed E-state index contributed by atoms with van der Waals surface area (Å²) in [5, 5.41) is 0. The van der Waals surface area contributed by atoms with Gasteiger partial charge < -0.3 is 0 Å². The molecule has 2 aliphatic carbocycles. The van der Waals surface area contributed by atoms with Crippen LogP contribution in [-0.2, 0) is 0 Å². The number of nitrogens with two attached hydrogens (primary N) is 1. The Hall–Kier alpha value is -0.0800. The Morgan fingerprint density at radius 3 is 2.53 bits per heavy atom. The second-order valence-electron chi connectivity index (χ2n) is 6.53. The topological polar surface area (TPSA) is 38.0 Å². The summed E-state index contributed by atoms with van der Waals surface area (Å²) >= 11 is 0. The molecule has 0 aliphatic heterocycles. The molecule has 100 valence electrons. The normalized spacial score (nSPS) is 32.8. The van der Waals surface area contributed by atoms with Crippen LogP contribution in [0.5, 0.6) is 0 Å². The first kappa shape index (κ1) is 13.4. The van der Waals surface area contributed by atoms with Gasteiger partial charge in [-0.25, -0.2) is 0 Å². The van der Waals surface area contributed by atoms with E-state index in [0.717, 1.165) is 17.8 Å². The Bertz CT molecular complexity index is 211. The predicted molar refractivity (Wildman–Crippen MR) is 73.4 cm³/mol. The van der Waals surface area contributed by atoms with Crippen LogP contribution >= 0.6 is 0 Å². The highest BCUT2D eigenvalue weighted by atomic mass is 15.2. The molecule has 0 spiro atoms. The Morgan fingerprint density at radius 1 is 1.12 bits per heavy atom. The summed E-state index contributed by atoms with van der Waals surface area (Å²) in [6.07, 6.45) is 14.2. The second-order valence-corrected chi connectivity index (χ2v) is 6.53. The van der Waals surface area contributed by atoms with Crippen LogP contribution in [0.1, 0.15) is 71.1 Å². The lowest BCUT2D eigenvalue weighted by atomic mass is 9.77. The van der Waals surface area contributed by atoms with Gasteiger partial charge in [-0.2, -0.15) is 0 Å². The highest BCUT2D eigenvalue weighted by Gasteiger charge is 2.26. The van der Waals surface area contributed by atoms with Crippen LogP contribution in [0.25, 0.3) is 0 Å². The van der Waals surface area contributed by atoms with Gasteiger partial charge in [-0.05, 0) is 43.4 Å². The summed E-state index contributed by atoms with van der Waals surface area (Å²) < 4.78 is 0. The predicted octanol–water partition coefficient (Wildman–Crippen LogP) is 3.62. The van der Waals surface area contributed by atoms with E-state index in [0.29, 0.717) is 6.04 Å². The van der Waals surface area contributed by atoms with Crippen LogP contribution in [-0.4, -0.2) is 6.04 Å². The molecule has 2 heteroatoms.